The van der Waals surface area contributed by atoms with Crippen LogP contribution < -0.4 is 5.43 Å². The maximum absolute atomic E-state index is 11.6. The van der Waals surface area contributed by atoms with E-state index in [1.165, 1.54) is 0 Å². The number of hydrazone groups is 1. The Kier molecular flexibility index (Phi) is 3.27. The molecule has 0 radical (unpaired) electrons. The molecule has 0 fully saturated rings. The Morgan fingerprint density at radius 3 is 2.89 bits per heavy atom. The average molecular weight is 245 g/mol. The first-order valence-corrected chi connectivity index (χ1v) is 5.56. The highest BCUT2D eigenvalue weighted by atomic mass is 16.2. The Bertz CT molecular complexity index is 580. The molecular weight excluding hydrogens is 230 g/mol. The number of amides is 1. The molecule has 2 rings (SSSR count). The van der Waals surface area contributed by atoms with Crippen LogP contribution >= 0.6 is 0 Å². The fourth-order valence-corrected chi connectivity index (χ4v) is 1.66. The summed E-state index contributed by atoms with van der Waals surface area (Å²) in [7, 11) is 1.87. The van der Waals surface area contributed by atoms with Crippen molar-refractivity contribution in [3.05, 3.63) is 41.0 Å². The lowest BCUT2D eigenvalue weighted by molar-refractivity contribution is 0.0951. The van der Waals surface area contributed by atoms with Gasteiger partial charge in [0.05, 0.1) is 11.9 Å². The summed E-state index contributed by atoms with van der Waals surface area (Å²) >= 11 is 0. The number of H-pyrrole nitrogens is 1. The maximum atomic E-state index is 11.6. The minimum atomic E-state index is -0.268. The van der Waals surface area contributed by atoms with Gasteiger partial charge in [-0.1, -0.05) is 0 Å². The van der Waals surface area contributed by atoms with Crippen LogP contribution in [0.25, 0.3) is 0 Å². The predicted octanol–water partition coefficient (Wildman–Crippen LogP) is 1.13. The maximum Gasteiger partial charge on any atom is 0.287 e. The zero-order chi connectivity index (χ0) is 13.1. The van der Waals surface area contributed by atoms with Crippen molar-refractivity contribution in [2.24, 2.45) is 12.1 Å². The summed E-state index contributed by atoms with van der Waals surface area (Å²) in [6.07, 6.45) is 3.30. The first kappa shape index (κ1) is 12.1. The van der Waals surface area contributed by atoms with Gasteiger partial charge in [0.15, 0.2) is 0 Å². The van der Waals surface area contributed by atoms with E-state index in [0.29, 0.717) is 5.69 Å². The van der Waals surface area contributed by atoms with Crippen molar-refractivity contribution in [2.75, 3.05) is 0 Å². The van der Waals surface area contributed by atoms with Gasteiger partial charge in [-0.05, 0) is 26.0 Å². The van der Waals surface area contributed by atoms with Crippen molar-refractivity contribution < 1.29 is 4.79 Å². The Morgan fingerprint density at radius 2 is 2.33 bits per heavy atom. The molecule has 1 amide bonds. The second kappa shape index (κ2) is 4.87. The number of hydrogen-bond donors (Lipinski definition) is 2. The number of aromatic nitrogens is 3. The number of carbonyl (C=O) groups is 1. The lowest BCUT2D eigenvalue weighted by Crippen LogP contribution is -2.17. The summed E-state index contributed by atoms with van der Waals surface area (Å²) in [6.45, 7) is 3.86. The highest BCUT2D eigenvalue weighted by Crippen LogP contribution is 2.08. The molecule has 2 aromatic rings. The molecule has 0 spiro atoms. The van der Waals surface area contributed by atoms with Gasteiger partial charge in [-0.3, -0.25) is 9.48 Å². The summed E-state index contributed by atoms with van der Waals surface area (Å²) in [5, 5.41) is 8.20. The molecule has 2 aromatic heterocycles. The zero-order valence-corrected chi connectivity index (χ0v) is 10.6. The molecule has 2 heterocycles. The number of rotatable bonds is 3. The summed E-state index contributed by atoms with van der Waals surface area (Å²) in [5.41, 5.74) is 5.75. The molecule has 6 nitrogen and oxygen atoms in total. The van der Waals surface area contributed by atoms with Crippen molar-refractivity contribution in [3.8, 4) is 0 Å². The summed E-state index contributed by atoms with van der Waals surface area (Å²) < 4.78 is 1.78. The van der Waals surface area contributed by atoms with Gasteiger partial charge in [0.25, 0.3) is 5.91 Å². The molecule has 0 aliphatic rings. The van der Waals surface area contributed by atoms with Crippen LogP contribution in [0.15, 0.2) is 23.4 Å². The van der Waals surface area contributed by atoms with E-state index in [1.807, 2.05) is 20.9 Å². The first-order valence-electron chi connectivity index (χ1n) is 5.56. The molecule has 0 saturated heterocycles. The molecule has 0 unspecified atom stereocenters. The minimum absolute atomic E-state index is 0.268. The van der Waals surface area contributed by atoms with Gasteiger partial charge in [0.2, 0.25) is 0 Å². The average Bonchev–Trinajstić information content (AvgIpc) is 2.93. The van der Waals surface area contributed by atoms with E-state index in [0.717, 1.165) is 17.0 Å². The standard InChI is InChI=1S/C12H15N5O/c1-8-10(9(2)17(3)16-8)7-14-15-12(18)11-5-4-6-13-11/h4-7,13H,1-3H3,(H,15,18)/b14-7-. The van der Waals surface area contributed by atoms with Crippen LogP contribution in [0.5, 0.6) is 0 Å². The normalized spacial score (nSPS) is 11.1. The summed E-state index contributed by atoms with van der Waals surface area (Å²) in [4.78, 5) is 14.4. The molecule has 6 heteroatoms. The topological polar surface area (TPSA) is 75.1 Å². The third kappa shape index (κ3) is 2.32. The summed E-state index contributed by atoms with van der Waals surface area (Å²) in [5.74, 6) is -0.268. The molecule has 0 aliphatic carbocycles. The number of nitrogens with one attached hydrogen (secondary N) is 2. The number of hydrogen-bond acceptors (Lipinski definition) is 3. The Balaban J connectivity index is 2.06. The molecule has 0 saturated carbocycles. The van der Waals surface area contributed by atoms with Crippen LogP contribution in [0.2, 0.25) is 0 Å². The van der Waals surface area contributed by atoms with Crippen molar-refractivity contribution in [1.82, 2.24) is 20.2 Å². The monoisotopic (exact) mass is 245 g/mol. The molecule has 0 atom stereocenters. The van der Waals surface area contributed by atoms with Gasteiger partial charge < -0.3 is 4.98 Å². The number of aryl methyl sites for hydroxylation is 2. The van der Waals surface area contributed by atoms with Crippen molar-refractivity contribution in [1.29, 1.82) is 0 Å². The van der Waals surface area contributed by atoms with Crippen molar-refractivity contribution >= 4 is 12.1 Å². The molecule has 0 aliphatic heterocycles. The van der Waals surface area contributed by atoms with E-state index in [-0.39, 0.29) is 5.91 Å². The van der Waals surface area contributed by atoms with Gasteiger partial charge in [-0.2, -0.15) is 10.2 Å². The Hall–Kier alpha value is -2.37. The third-order valence-corrected chi connectivity index (χ3v) is 2.77. The molecule has 94 valence electrons. The van der Waals surface area contributed by atoms with Crippen LogP contribution in [0.1, 0.15) is 27.4 Å². The molecule has 2 N–H and O–H groups in total. The van der Waals surface area contributed by atoms with E-state index in [9.17, 15) is 4.79 Å². The predicted molar refractivity (Wildman–Crippen MR) is 68.5 cm³/mol. The Labute approximate surface area is 105 Å². The minimum Gasteiger partial charge on any atom is -0.357 e. The van der Waals surface area contributed by atoms with Gasteiger partial charge in [0, 0.05) is 24.5 Å². The molecule has 18 heavy (non-hydrogen) atoms. The number of aromatic amines is 1. The van der Waals surface area contributed by atoms with Crippen molar-refractivity contribution in [3.63, 3.8) is 0 Å². The van der Waals surface area contributed by atoms with Crippen molar-refractivity contribution in [2.45, 2.75) is 13.8 Å². The van der Waals surface area contributed by atoms with Crippen LogP contribution in [0.4, 0.5) is 0 Å². The highest BCUT2D eigenvalue weighted by molar-refractivity contribution is 5.93. The van der Waals surface area contributed by atoms with E-state index in [2.05, 4.69) is 20.6 Å². The lowest BCUT2D eigenvalue weighted by Gasteiger charge is -1.97. The second-order valence-electron chi connectivity index (χ2n) is 3.99. The Morgan fingerprint density at radius 1 is 1.56 bits per heavy atom. The van der Waals surface area contributed by atoms with Crippen LogP contribution in [0.3, 0.4) is 0 Å². The quantitative estimate of drug-likeness (QED) is 0.628. The first-order chi connectivity index (χ1) is 8.59. The molecular formula is C12H15N5O. The highest BCUT2D eigenvalue weighted by Gasteiger charge is 2.07. The largest absolute Gasteiger partial charge is 0.357 e. The van der Waals surface area contributed by atoms with Crippen LogP contribution in [-0.2, 0) is 7.05 Å². The third-order valence-electron chi connectivity index (χ3n) is 2.77. The van der Waals surface area contributed by atoms with Crippen LogP contribution in [-0.4, -0.2) is 26.9 Å². The van der Waals surface area contributed by atoms with Crippen LogP contribution in [0, 0.1) is 13.8 Å². The second-order valence-corrected chi connectivity index (χ2v) is 3.99. The van der Waals surface area contributed by atoms with E-state index in [1.54, 1.807) is 29.2 Å². The smallest absolute Gasteiger partial charge is 0.287 e. The van der Waals surface area contributed by atoms with E-state index < -0.39 is 0 Å². The fourth-order valence-electron chi connectivity index (χ4n) is 1.66. The van der Waals surface area contributed by atoms with Gasteiger partial charge in [0.1, 0.15) is 5.69 Å². The van der Waals surface area contributed by atoms with E-state index in [4.69, 9.17) is 0 Å². The molecule has 0 bridgehead atoms. The fraction of sp³-hybridized carbons (Fsp3) is 0.250. The SMILES string of the molecule is Cc1nn(C)c(C)c1/C=N\NC(=O)c1ccc[nH]1. The van der Waals surface area contributed by atoms with Gasteiger partial charge >= 0.3 is 0 Å². The summed E-state index contributed by atoms with van der Waals surface area (Å²) in [6, 6.07) is 3.44. The number of nitrogens with zero attached hydrogens (tertiary/aromatic N) is 3. The number of carbonyl (C=O) groups excluding carboxylic acids is 1. The lowest BCUT2D eigenvalue weighted by atomic mass is 10.2. The molecule has 0 aromatic carbocycles. The van der Waals surface area contributed by atoms with E-state index >= 15 is 0 Å². The van der Waals surface area contributed by atoms with Gasteiger partial charge in [-0.25, -0.2) is 5.43 Å². The zero-order valence-electron chi connectivity index (χ0n) is 10.6. The van der Waals surface area contributed by atoms with Gasteiger partial charge in [-0.15, -0.1) is 0 Å².